The molecular weight excluding hydrogens is 272 g/mol. The molecule has 124 valence electrons. The lowest BCUT2D eigenvalue weighted by Gasteiger charge is -2.43. The number of nitrogens with two attached hydrogens (primary N) is 1. The van der Waals surface area contributed by atoms with E-state index in [-0.39, 0.29) is 25.0 Å². The minimum Gasteiger partial charge on any atom is -0.394 e. The third kappa shape index (κ3) is 4.41. The van der Waals surface area contributed by atoms with E-state index < -0.39 is 29.3 Å². The first-order chi connectivity index (χ1) is 9.52. The van der Waals surface area contributed by atoms with Gasteiger partial charge in [0.05, 0.1) is 25.3 Å². The molecule has 6 nitrogen and oxygen atoms in total. The van der Waals surface area contributed by atoms with Gasteiger partial charge in [-0.3, -0.25) is 9.59 Å². The van der Waals surface area contributed by atoms with E-state index in [1.165, 1.54) is 18.7 Å². The lowest BCUT2D eigenvalue weighted by atomic mass is 9.86. The van der Waals surface area contributed by atoms with Gasteiger partial charge in [0.25, 0.3) is 0 Å². The lowest BCUT2D eigenvalue weighted by molar-refractivity contribution is -0.155. The Hall–Kier alpha value is -1.14. The summed E-state index contributed by atoms with van der Waals surface area (Å²) in [5, 5.41) is 19.3. The highest BCUT2D eigenvalue weighted by atomic mass is 16.3. The van der Waals surface area contributed by atoms with E-state index in [2.05, 4.69) is 0 Å². The molecule has 2 amide bonds. The van der Waals surface area contributed by atoms with Gasteiger partial charge in [-0.15, -0.1) is 0 Å². The summed E-state index contributed by atoms with van der Waals surface area (Å²) in [6, 6.07) is -0.952. The van der Waals surface area contributed by atoms with Crippen LogP contribution < -0.4 is 5.73 Å². The van der Waals surface area contributed by atoms with Crippen LogP contribution in [0.5, 0.6) is 0 Å². The second-order valence-electron chi connectivity index (χ2n) is 6.69. The Morgan fingerprint density at radius 3 is 1.52 bits per heavy atom. The number of rotatable bonds is 8. The van der Waals surface area contributed by atoms with Crippen molar-refractivity contribution in [3.63, 3.8) is 0 Å². The van der Waals surface area contributed by atoms with Crippen molar-refractivity contribution >= 4 is 11.8 Å². The fourth-order valence-corrected chi connectivity index (χ4v) is 2.22. The molecule has 0 fully saturated rings. The molecule has 4 N–H and O–H groups in total. The van der Waals surface area contributed by atoms with E-state index in [4.69, 9.17) is 5.73 Å². The first-order valence-corrected chi connectivity index (χ1v) is 7.36. The minimum absolute atomic E-state index is 0.0181. The minimum atomic E-state index is -1.38. The van der Waals surface area contributed by atoms with Crippen LogP contribution in [0, 0.1) is 17.3 Å². The maximum Gasteiger partial charge on any atom is 0.238 e. The fourth-order valence-electron chi connectivity index (χ4n) is 2.22. The van der Waals surface area contributed by atoms with Crippen molar-refractivity contribution in [2.45, 2.75) is 53.6 Å². The number of hydrogen-bond acceptors (Lipinski definition) is 4. The zero-order valence-electron chi connectivity index (χ0n) is 14.0. The molecule has 6 heteroatoms. The van der Waals surface area contributed by atoms with Crippen LogP contribution in [-0.4, -0.2) is 52.2 Å². The Morgan fingerprint density at radius 1 is 1.00 bits per heavy atom. The fraction of sp³-hybridized carbons (Fsp3) is 0.867. The molecular formula is C15H30N2O4. The highest BCUT2D eigenvalue weighted by Crippen LogP contribution is 2.27. The normalized spacial score (nSPS) is 15.1. The predicted octanol–water partition coefficient (Wildman–Crippen LogP) is 0.360. The van der Waals surface area contributed by atoms with Gasteiger partial charge in [-0.25, -0.2) is 0 Å². The summed E-state index contributed by atoms with van der Waals surface area (Å²) < 4.78 is 0. The lowest BCUT2D eigenvalue weighted by Crippen LogP contribution is -2.59. The van der Waals surface area contributed by atoms with Crippen molar-refractivity contribution in [2.24, 2.45) is 23.0 Å². The van der Waals surface area contributed by atoms with E-state index in [1.54, 1.807) is 0 Å². The third-order valence-electron chi connectivity index (χ3n) is 4.01. The zero-order valence-corrected chi connectivity index (χ0v) is 14.0. The van der Waals surface area contributed by atoms with Gasteiger partial charge in [0, 0.05) is 0 Å². The third-order valence-corrected chi connectivity index (χ3v) is 4.01. The molecule has 0 heterocycles. The number of amides is 2. The molecule has 0 unspecified atom stereocenters. The smallest absolute Gasteiger partial charge is 0.238 e. The standard InChI is InChI=1S/C15H30N2O4/c1-9(2)11(7-18)17(12(8-19)10(3)4)14(21)15(5,6)13(16)20/h9-12,18-19H,7-8H2,1-6H3,(H2,16,20)/t11-,12-/m1/s1. The first-order valence-electron chi connectivity index (χ1n) is 7.36. The van der Waals surface area contributed by atoms with Gasteiger partial charge < -0.3 is 20.8 Å². The Kier molecular flexibility index (Phi) is 7.33. The topological polar surface area (TPSA) is 104 Å². The largest absolute Gasteiger partial charge is 0.394 e. The van der Waals surface area contributed by atoms with Gasteiger partial charge >= 0.3 is 0 Å². The zero-order chi connectivity index (χ0) is 17.0. The van der Waals surface area contributed by atoms with Gasteiger partial charge in [-0.05, 0) is 25.7 Å². The number of hydrogen-bond donors (Lipinski definition) is 3. The number of aliphatic hydroxyl groups is 2. The highest BCUT2D eigenvalue weighted by Gasteiger charge is 2.43. The van der Waals surface area contributed by atoms with Crippen LogP contribution in [0.3, 0.4) is 0 Å². The summed E-state index contributed by atoms with van der Waals surface area (Å²) in [6.45, 7) is 9.99. The Labute approximate surface area is 127 Å². The van der Waals surface area contributed by atoms with Crippen molar-refractivity contribution in [3.05, 3.63) is 0 Å². The summed E-state index contributed by atoms with van der Waals surface area (Å²) in [6.07, 6.45) is 0. The molecule has 21 heavy (non-hydrogen) atoms. The Bertz CT molecular complexity index is 351. The highest BCUT2D eigenvalue weighted by molar-refractivity contribution is 6.03. The van der Waals surface area contributed by atoms with E-state index in [9.17, 15) is 19.8 Å². The number of nitrogens with zero attached hydrogens (tertiary/aromatic N) is 1. The second kappa shape index (κ2) is 7.75. The molecule has 0 aromatic carbocycles. The quantitative estimate of drug-likeness (QED) is 0.563. The first kappa shape index (κ1) is 19.9. The molecule has 0 saturated carbocycles. The molecule has 0 bridgehead atoms. The summed E-state index contributed by atoms with van der Waals surface area (Å²) in [4.78, 5) is 25.8. The summed E-state index contributed by atoms with van der Waals surface area (Å²) in [5.74, 6) is -1.22. The Balaban J connectivity index is 5.81. The molecule has 0 radical (unpaired) electrons. The number of carbonyl (C=O) groups is 2. The van der Waals surface area contributed by atoms with Gasteiger partial charge in [0.2, 0.25) is 11.8 Å². The van der Waals surface area contributed by atoms with Crippen LogP contribution in [0.4, 0.5) is 0 Å². The van der Waals surface area contributed by atoms with E-state index in [0.717, 1.165) is 0 Å². The van der Waals surface area contributed by atoms with E-state index in [0.29, 0.717) is 0 Å². The molecule has 0 rings (SSSR count). The molecule has 0 spiro atoms. The van der Waals surface area contributed by atoms with Crippen LogP contribution in [0.15, 0.2) is 0 Å². The maximum atomic E-state index is 12.8. The van der Waals surface area contributed by atoms with E-state index in [1.807, 2.05) is 27.7 Å². The van der Waals surface area contributed by atoms with Gasteiger partial charge in [-0.1, -0.05) is 27.7 Å². The van der Waals surface area contributed by atoms with E-state index >= 15 is 0 Å². The van der Waals surface area contributed by atoms with Crippen LogP contribution >= 0.6 is 0 Å². The number of carbonyl (C=O) groups excluding carboxylic acids is 2. The maximum absolute atomic E-state index is 12.8. The SMILES string of the molecule is CC(C)[C@@H](CO)N(C(=O)C(C)(C)C(N)=O)[C@H](CO)C(C)C. The molecule has 0 aromatic heterocycles. The van der Waals surface area contributed by atoms with Gasteiger partial charge in [0.1, 0.15) is 5.41 Å². The molecule has 0 aliphatic carbocycles. The average Bonchev–Trinajstić information content (AvgIpc) is 2.36. The number of aliphatic hydroxyl groups excluding tert-OH is 2. The average molecular weight is 302 g/mol. The molecule has 0 aromatic rings. The molecule has 0 aliphatic rings. The second-order valence-corrected chi connectivity index (χ2v) is 6.69. The summed E-state index contributed by atoms with van der Waals surface area (Å²) in [7, 11) is 0. The molecule has 0 aliphatic heterocycles. The van der Waals surface area contributed by atoms with Crippen LogP contribution in [-0.2, 0) is 9.59 Å². The Morgan fingerprint density at radius 2 is 1.33 bits per heavy atom. The van der Waals surface area contributed by atoms with Crippen LogP contribution in [0.1, 0.15) is 41.5 Å². The van der Waals surface area contributed by atoms with Crippen LogP contribution in [0.2, 0.25) is 0 Å². The van der Waals surface area contributed by atoms with Crippen molar-refractivity contribution in [2.75, 3.05) is 13.2 Å². The monoisotopic (exact) mass is 302 g/mol. The molecule has 2 atom stereocenters. The summed E-state index contributed by atoms with van der Waals surface area (Å²) in [5.41, 5.74) is 3.95. The van der Waals surface area contributed by atoms with Crippen molar-refractivity contribution in [3.8, 4) is 0 Å². The molecule has 0 saturated heterocycles. The van der Waals surface area contributed by atoms with Crippen molar-refractivity contribution in [1.29, 1.82) is 0 Å². The van der Waals surface area contributed by atoms with Gasteiger partial charge in [-0.2, -0.15) is 0 Å². The summed E-state index contributed by atoms with van der Waals surface area (Å²) >= 11 is 0. The van der Waals surface area contributed by atoms with Gasteiger partial charge in [0.15, 0.2) is 0 Å². The predicted molar refractivity (Wildman–Crippen MR) is 81.2 cm³/mol. The van der Waals surface area contributed by atoms with Crippen molar-refractivity contribution in [1.82, 2.24) is 4.90 Å². The van der Waals surface area contributed by atoms with Crippen molar-refractivity contribution < 1.29 is 19.8 Å². The van der Waals surface area contributed by atoms with Crippen LogP contribution in [0.25, 0.3) is 0 Å². The number of primary amides is 1.